The highest BCUT2D eigenvalue weighted by Gasteiger charge is 2.44. The van der Waals surface area contributed by atoms with E-state index < -0.39 is 18.0 Å². The zero-order valence-electron chi connectivity index (χ0n) is 33.7. The number of fused-ring (bicyclic) bond motifs is 7. The number of anilines is 4. The van der Waals surface area contributed by atoms with E-state index in [0.29, 0.717) is 71.4 Å². The monoisotopic (exact) mass is 824 g/mol. The van der Waals surface area contributed by atoms with Crippen molar-refractivity contribution >= 4 is 52.3 Å². The maximum absolute atomic E-state index is 14.0. The van der Waals surface area contributed by atoms with E-state index in [1.807, 2.05) is 54.6 Å². The van der Waals surface area contributed by atoms with Crippen molar-refractivity contribution < 1.29 is 42.9 Å². The number of nitrogens with zero attached hydrogens (tertiary/aromatic N) is 2. The largest absolute Gasteiger partial charge is 0.493 e. The SMILES string of the molecule is COc1cc2c(cc1OCc1cc(COc3cc4c(cc3OC)C(=O)N3c5ccccc5C[C@H]3C(=O)N4)cc(NCCCC(N)=O)c1)NC(=O)[C@@H]1CC3=C(C=CCC3)N1C2=O. The number of ether oxygens (including phenoxy) is 4. The van der Waals surface area contributed by atoms with Gasteiger partial charge in [0.25, 0.3) is 11.8 Å². The molecule has 4 aromatic carbocycles. The first-order valence-electron chi connectivity index (χ1n) is 20.2. The van der Waals surface area contributed by atoms with Crippen LogP contribution in [-0.2, 0) is 34.0 Å². The Morgan fingerprint density at radius 2 is 1.38 bits per heavy atom. The standard InChI is InChI=1S/C46H44N6O9/c1-58-38-19-30-32(49-43(54)36-17-27-8-3-5-10-34(27)51(36)45(30)56)21-40(38)60-23-25-14-26(16-29(15-25)48-13-7-12-42(47)53)24-61-41-22-33-31(20-39(41)59-2)46(57)52-35-11-6-4-9-28(35)18-37(52)44(55)50-33/h3,5-6,8,10-11,14-16,19-22,36-37,48H,4,7,9,12-13,17-18,23-24H2,1-2H3,(H2,47,53)(H,49,54)(H,50,55)/t36-,37-/m0/s1. The van der Waals surface area contributed by atoms with E-state index in [4.69, 9.17) is 24.7 Å². The molecule has 0 radical (unpaired) electrons. The molecule has 0 spiro atoms. The van der Waals surface area contributed by atoms with Gasteiger partial charge in [0.15, 0.2) is 23.0 Å². The van der Waals surface area contributed by atoms with Crippen LogP contribution < -0.4 is 45.5 Å². The quantitative estimate of drug-likeness (QED) is 0.119. The molecule has 4 aromatic rings. The first-order valence-corrected chi connectivity index (χ1v) is 20.2. The normalized spacial score (nSPS) is 18.4. The van der Waals surface area contributed by atoms with Gasteiger partial charge in [0.1, 0.15) is 25.3 Å². The van der Waals surface area contributed by atoms with Crippen molar-refractivity contribution in [1.82, 2.24) is 4.90 Å². The summed E-state index contributed by atoms with van der Waals surface area (Å²) in [5.74, 6) is -0.296. The number of para-hydroxylation sites is 1. The molecule has 61 heavy (non-hydrogen) atoms. The molecule has 4 aliphatic heterocycles. The molecule has 1 aliphatic carbocycles. The van der Waals surface area contributed by atoms with Gasteiger partial charge in [-0.3, -0.25) is 33.8 Å². The first kappa shape index (κ1) is 39.2. The Kier molecular flexibility index (Phi) is 10.3. The number of nitrogens with one attached hydrogen (secondary N) is 3. The summed E-state index contributed by atoms with van der Waals surface area (Å²) in [6.45, 7) is 0.596. The van der Waals surface area contributed by atoms with E-state index >= 15 is 0 Å². The van der Waals surface area contributed by atoms with E-state index in [9.17, 15) is 24.0 Å². The summed E-state index contributed by atoms with van der Waals surface area (Å²) >= 11 is 0. The third-order valence-electron chi connectivity index (χ3n) is 11.6. The van der Waals surface area contributed by atoms with Crippen LogP contribution in [0.5, 0.6) is 23.0 Å². The highest BCUT2D eigenvalue weighted by Crippen LogP contribution is 2.44. The number of rotatable bonds is 13. The van der Waals surface area contributed by atoms with Gasteiger partial charge < -0.3 is 40.6 Å². The van der Waals surface area contributed by atoms with Gasteiger partial charge in [-0.1, -0.05) is 24.3 Å². The van der Waals surface area contributed by atoms with E-state index in [0.717, 1.165) is 46.5 Å². The summed E-state index contributed by atoms with van der Waals surface area (Å²) in [7, 11) is 2.97. The smallest absolute Gasteiger partial charge is 0.261 e. The molecule has 15 heteroatoms. The number of hydrogen-bond acceptors (Lipinski definition) is 10. The number of benzene rings is 4. The fourth-order valence-electron chi connectivity index (χ4n) is 8.72. The lowest BCUT2D eigenvalue weighted by atomic mass is 10.0. The fourth-order valence-corrected chi connectivity index (χ4v) is 8.72. The molecule has 0 unspecified atom stereocenters. The molecule has 0 saturated carbocycles. The summed E-state index contributed by atoms with van der Waals surface area (Å²) in [4.78, 5) is 69.5. The van der Waals surface area contributed by atoms with Gasteiger partial charge in [-0.2, -0.15) is 0 Å². The number of carbonyl (C=O) groups is 5. The van der Waals surface area contributed by atoms with E-state index in [-0.39, 0.29) is 48.8 Å². The summed E-state index contributed by atoms with van der Waals surface area (Å²) in [5.41, 5.74) is 12.4. The molecule has 5 N–H and O–H groups in total. The van der Waals surface area contributed by atoms with Crippen molar-refractivity contribution in [3.05, 3.63) is 118 Å². The average Bonchev–Trinajstić information content (AvgIpc) is 3.81. The van der Waals surface area contributed by atoms with Crippen LogP contribution in [-0.4, -0.2) is 67.3 Å². The molecule has 5 aliphatic rings. The van der Waals surface area contributed by atoms with Crippen LogP contribution in [0.25, 0.3) is 0 Å². The van der Waals surface area contributed by atoms with Gasteiger partial charge in [0, 0.05) is 55.0 Å². The van der Waals surface area contributed by atoms with E-state index in [1.54, 1.807) is 34.1 Å². The van der Waals surface area contributed by atoms with Crippen LogP contribution >= 0.6 is 0 Å². The van der Waals surface area contributed by atoms with E-state index in [1.165, 1.54) is 14.2 Å². The van der Waals surface area contributed by atoms with Crippen molar-refractivity contribution in [3.63, 3.8) is 0 Å². The number of primary amides is 1. The number of methoxy groups -OCH3 is 2. The molecule has 0 saturated heterocycles. The maximum Gasteiger partial charge on any atom is 0.261 e. The van der Waals surface area contributed by atoms with Crippen molar-refractivity contribution in [1.29, 1.82) is 0 Å². The van der Waals surface area contributed by atoms with Crippen molar-refractivity contribution in [2.45, 2.75) is 63.8 Å². The van der Waals surface area contributed by atoms with Gasteiger partial charge in [-0.25, -0.2) is 0 Å². The maximum atomic E-state index is 14.0. The topological polar surface area (TPSA) is 191 Å². The molecule has 0 fully saturated rings. The zero-order chi connectivity index (χ0) is 42.4. The van der Waals surface area contributed by atoms with Crippen molar-refractivity contribution in [3.8, 4) is 23.0 Å². The minimum atomic E-state index is -0.684. The van der Waals surface area contributed by atoms with Crippen molar-refractivity contribution in [2.24, 2.45) is 5.73 Å². The first-order chi connectivity index (χ1) is 29.6. The summed E-state index contributed by atoms with van der Waals surface area (Å²) in [5, 5.41) is 9.25. The third kappa shape index (κ3) is 7.36. The summed E-state index contributed by atoms with van der Waals surface area (Å²) in [6.07, 6.45) is 7.30. The average molecular weight is 825 g/mol. The Bertz CT molecular complexity index is 2580. The Morgan fingerprint density at radius 3 is 2.00 bits per heavy atom. The molecule has 4 heterocycles. The van der Waals surface area contributed by atoms with Crippen LogP contribution in [0, 0.1) is 0 Å². The molecule has 2 atom stereocenters. The lowest BCUT2D eigenvalue weighted by molar-refractivity contribution is -0.119. The molecular formula is C46H44N6O9. The minimum absolute atomic E-state index is 0.0598. The van der Waals surface area contributed by atoms with E-state index in [2.05, 4.69) is 16.0 Å². The molecule has 5 amide bonds. The van der Waals surface area contributed by atoms with Gasteiger partial charge >= 0.3 is 0 Å². The predicted molar refractivity (Wildman–Crippen MR) is 226 cm³/mol. The van der Waals surface area contributed by atoms with Crippen LogP contribution in [0.1, 0.15) is 69.5 Å². The number of allylic oxidation sites excluding steroid dienone is 2. The second-order valence-electron chi connectivity index (χ2n) is 15.5. The van der Waals surface area contributed by atoms with Crippen molar-refractivity contribution in [2.75, 3.05) is 41.6 Å². The summed E-state index contributed by atoms with van der Waals surface area (Å²) in [6, 6.07) is 18.3. The van der Waals surface area contributed by atoms with Gasteiger partial charge in [-0.15, -0.1) is 0 Å². The molecule has 0 aromatic heterocycles. The highest BCUT2D eigenvalue weighted by atomic mass is 16.5. The van der Waals surface area contributed by atoms with Gasteiger partial charge in [0.2, 0.25) is 17.7 Å². The molecular weight excluding hydrogens is 781 g/mol. The lowest BCUT2D eigenvalue weighted by Gasteiger charge is -2.23. The zero-order valence-corrected chi connectivity index (χ0v) is 33.7. The predicted octanol–water partition coefficient (Wildman–Crippen LogP) is 5.83. The second kappa shape index (κ2) is 16.0. The summed E-state index contributed by atoms with van der Waals surface area (Å²) < 4.78 is 24.1. The highest BCUT2D eigenvalue weighted by molar-refractivity contribution is 6.20. The van der Waals surface area contributed by atoms with Crippen LogP contribution in [0.2, 0.25) is 0 Å². The number of carbonyl (C=O) groups excluding carboxylic acids is 5. The second-order valence-corrected chi connectivity index (χ2v) is 15.5. The van der Waals surface area contributed by atoms with Crippen LogP contribution in [0.3, 0.4) is 0 Å². The molecule has 0 bridgehead atoms. The number of nitrogens with two attached hydrogens (primary N) is 1. The Labute approximate surface area is 351 Å². The Balaban J connectivity index is 0.965. The van der Waals surface area contributed by atoms with Gasteiger partial charge in [0.05, 0.1) is 36.7 Å². The Morgan fingerprint density at radius 1 is 0.770 bits per heavy atom. The third-order valence-corrected chi connectivity index (χ3v) is 11.6. The van der Waals surface area contributed by atoms with Gasteiger partial charge in [-0.05, 0) is 84.0 Å². The molecule has 15 nitrogen and oxygen atoms in total. The fraction of sp³-hybridized carbons (Fsp3) is 0.283. The van der Waals surface area contributed by atoms with Crippen LogP contribution in [0.15, 0.2) is 90.2 Å². The number of hydrogen-bond donors (Lipinski definition) is 4. The lowest BCUT2D eigenvalue weighted by Crippen LogP contribution is -2.42. The Hall–Kier alpha value is -7.29. The molecule has 9 rings (SSSR count). The van der Waals surface area contributed by atoms with Crippen LogP contribution in [0.4, 0.5) is 22.7 Å². The number of amides is 5. The minimum Gasteiger partial charge on any atom is -0.493 e. The molecule has 312 valence electrons.